The molecule has 7 heteroatoms. The zero-order chi connectivity index (χ0) is 18.1. The molecule has 4 aromatic rings. The van der Waals surface area contributed by atoms with Crippen molar-refractivity contribution in [3.05, 3.63) is 76.1 Å². The molecule has 0 aliphatic carbocycles. The molecule has 2 N–H and O–H groups in total. The Labute approximate surface area is 157 Å². The van der Waals surface area contributed by atoms with E-state index < -0.39 is 5.91 Å². The van der Waals surface area contributed by atoms with E-state index in [1.165, 1.54) is 11.3 Å². The van der Waals surface area contributed by atoms with Gasteiger partial charge in [0, 0.05) is 21.4 Å². The van der Waals surface area contributed by atoms with Crippen molar-refractivity contribution < 1.29 is 9.21 Å². The van der Waals surface area contributed by atoms with Gasteiger partial charge in [0.25, 0.3) is 5.91 Å². The molecule has 1 amide bonds. The fourth-order valence-corrected chi connectivity index (χ4v) is 3.41. The van der Waals surface area contributed by atoms with Crippen molar-refractivity contribution >= 4 is 44.9 Å². The summed E-state index contributed by atoms with van der Waals surface area (Å²) in [5, 5.41) is 14.2. The van der Waals surface area contributed by atoms with Gasteiger partial charge in [-0.15, -0.1) is 11.3 Å². The molecule has 0 radical (unpaired) electrons. The van der Waals surface area contributed by atoms with Crippen LogP contribution >= 0.6 is 22.9 Å². The van der Waals surface area contributed by atoms with Crippen molar-refractivity contribution in [1.29, 1.82) is 5.41 Å². The molecule has 0 aliphatic heterocycles. The maximum absolute atomic E-state index is 12.6. The van der Waals surface area contributed by atoms with E-state index in [4.69, 9.17) is 21.4 Å². The molecule has 0 saturated heterocycles. The molecular formula is C19H12ClN3O2S. The molecular weight excluding hydrogens is 370 g/mol. The number of nitrogens with one attached hydrogen (secondary N) is 2. The number of aromatic nitrogens is 1. The lowest BCUT2D eigenvalue weighted by Crippen LogP contribution is -2.20. The summed E-state index contributed by atoms with van der Waals surface area (Å²) in [5.41, 5.74) is 2.16. The summed E-state index contributed by atoms with van der Waals surface area (Å²) in [4.78, 5) is 17.0. The Morgan fingerprint density at radius 2 is 1.96 bits per heavy atom. The standard InChI is InChI=1S/C19H12ClN3O2S/c20-13-6-7-16-12(8-13)9-14(17(21)25-16)18(24)23-19-22-15(10-26-19)11-4-2-1-3-5-11/h1-10,21H,(H,22,23,24). The lowest BCUT2D eigenvalue weighted by Gasteiger charge is -2.04. The third-order valence-electron chi connectivity index (χ3n) is 3.77. The van der Waals surface area contributed by atoms with E-state index in [2.05, 4.69) is 10.3 Å². The number of hydrogen-bond donors (Lipinski definition) is 2. The lowest BCUT2D eigenvalue weighted by molar-refractivity contribution is 0.102. The molecule has 2 aromatic carbocycles. The first-order valence-corrected chi connectivity index (χ1v) is 8.96. The molecule has 5 nitrogen and oxygen atoms in total. The van der Waals surface area contributed by atoms with Crippen molar-refractivity contribution in [2.24, 2.45) is 0 Å². The third-order valence-corrected chi connectivity index (χ3v) is 4.76. The minimum absolute atomic E-state index is 0.122. The van der Waals surface area contributed by atoms with Crippen molar-refractivity contribution in [3.63, 3.8) is 0 Å². The highest BCUT2D eigenvalue weighted by Gasteiger charge is 2.14. The van der Waals surface area contributed by atoms with Gasteiger partial charge >= 0.3 is 0 Å². The van der Waals surface area contributed by atoms with Gasteiger partial charge in [-0.25, -0.2) is 4.98 Å². The highest BCUT2D eigenvalue weighted by atomic mass is 35.5. The van der Waals surface area contributed by atoms with Gasteiger partial charge in [-0.05, 0) is 24.3 Å². The zero-order valence-corrected chi connectivity index (χ0v) is 14.9. The number of carbonyl (C=O) groups excluding carboxylic acids is 1. The topological polar surface area (TPSA) is 79.0 Å². The Morgan fingerprint density at radius 1 is 1.15 bits per heavy atom. The number of nitrogens with zero attached hydrogens (tertiary/aromatic N) is 1. The van der Waals surface area contributed by atoms with Crippen LogP contribution in [0.25, 0.3) is 22.2 Å². The van der Waals surface area contributed by atoms with Gasteiger partial charge in [-0.1, -0.05) is 41.9 Å². The quantitative estimate of drug-likeness (QED) is 0.527. The summed E-state index contributed by atoms with van der Waals surface area (Å²) in [6.07, 6.45) is 0. The van der Waals surface area contributed by atoms with E-state index in [0.29, 0.717) is 21.1 Å². The minimum atomic E-state index is -0.449. The Hall–Kier alpha value is -2.96. The van der Waals surface area contributed by atoms with Crippen molar-refractivity contribution in [3.8, 4) is 11.3 Å². The maximum atomic E-state index is 12.6. The average Bonchev–Trinajstić information content (AvgIpc) is 3.10. The van der Waals surface area contributed by atoms with Gasteiger partial charge < -0.3 is 4.42 Å². The van der Waals surface area contributed by atoms with Crippen LogP contribution < -0.4 is 10.9 Å². The Morgan fingerprint density at radius 3 is 2.77 bits per heavy atom. The summed E-state index contributed by atoms with van der Waals surface area (Å²) >= 11 is 7.31. The number of carbonyl (C=O) groups is 1. The van der Waals surface area contributed by atoms with E-state index in [9.17, 15) is 4.79 Å². The third kappa shape index (κ3) is 3.24. The fraction of sp³-hybridized carbons (Fsp3) is 0. The van der Waals surface area contributed by atoms with Crippen LogP contribution in [0.4, 0.5) is 5.13 Å². The fourth-order valence-electron chi connectivity index (χ4n) is 2.52. The largest absolute Gasteiger partial charge is 0.438 e. The second-order valence-corrected chi connectivity index (χ2v) is 6.82. The summed E-state index contributed by atoms with van der Waals surface area (Å²) in [6.45, 7) is 0. The van der Waals surface area contributed by atoms with Crippen LogP contribution in [0, 0.1) is 5.41 Å². The Bertz CT molecular complexity index is 1170. The molecule has 2 aromatic heterocycles. The van der Waals surface area contributed by atoms with Crippen LogP contribution in [0.1, 0.15) is 10.4 Å². The van der Waals surface area contributed by atoms with Crippen LogP contribution in [0.15, 0.2) is 64.4 Å². The Balaban J connectivity index is 1.63. The molecule has 26 heavy (non-hydrogen) atoms. The van der Waals surface area contributed by atoms with Crippen LogP contribution in [-0.4, -0.2) is 10.9 Å². The molecule has 4 rings (SSSR count). The molecule has 0 fully saturated rings. The summed E-state index contributed by atoms with van der Waals surface area (Å²) in [5.74, 6) is -0.449. The van der Waals surface area contributed by atoms with Gasteiger partial charge in [0.15, 0.2) is 5.13 Å². The first kappa shape index (κ1) is 16.5. The lowest BCUT2D eigenvalue weighted by atomic mass is 10.2. The average molecular weight is 382 g/mol. The smallest absolute Gasteiger partial charge is 0.262 e. The molecule has 0 saturated carbocycles. The summed E-state index contributed by atoms with van der Waals surface area (Å²) in [6, 6.07) is 16.3. The van der Waals surface area contributed by atoms with Crippen LogP contribution in [0.5, 0.6) is 0 Å². The minimum Gasteiger partial charge on any atom is -0.438 e. The number of amides is 1. The van der Waals surface area contributed by atoms with Crippen LogP contribution in [0.2, 0.25) is 5.02 Å². The first-order valence-electron chi connectivity index (χ1n) is 7.70. The highest BCUT2D eigenvalue weighted by molar-refractivity contribution is 7.14. The van der Waals surface area contributed by atoms with Crippen molar-refractivity contribution in [2.75, 3.05) is 5.32 Å². The number of anilines is 1. The second-order valence-electron chi connectivity index (χ2n) is 5.53. The SMILES string of the molecule is N=c1oc2ccc(Cl)cc2cc1C(=O)Nc1nc(-c2ccccc2)cs1. The van der Waals surface area contributed by atoms with Crippen LogP contribution in [0.3, 0.4) is 0 Å². The van der Waals surface area contributed by atoms with E-state index in [-0.39, 0.29) is 11.1 Å². The van der Waals surface area contributed by atoms with Crippen LogP contribution in [-0.2, 0) is 0 Å². The zero-order valence-electron chi connectivity index (χ0n) is 13.3. The summed E-state index contributed by atoms with van der Waals surface area (Å²) in [7, 11) is 0. The monoisotopic (exact) mass is 381 g/mol. The first-order chi connectivity index (χ1) is 12.6. The number of fused-ring (bicyclic) bond motifs is 1. The van der Waals surface area contributed by atoms with Crippen molar-refractivity contribution in [2.45, 2.75) is 0 Å². The van der Waals surface area contributed by atoms with E-state index in [1.807, 2.05) is 35.7 Å². The Kier molecular flexibility index (Phi) is 4.28. The normalized spacial score (nSPS) is 10.8. The number of hydrogen-bond acceptors (Lipinski definition) is 5. The number of thiazole rings is 1. The number of rotatable bonds is 3. The molecule has 0 atom stereocenters. The maximum Gasteiger partial charge on any atom is 0.262 e. The number of benzene rings is 2. The van der Waals surface area contributed by atoms with Gasteiger partial charge in [-0.3, -0.25) is 15.5 Å². The molecule has 0 unspecified atom stereocenters. The van der Waals surface area contributed by atoms with Gasteiger partial charge in [0.05, 0.1) is 5.69 Å². The van der Waals surface area contributed by atoms with E-state index >= 15 is 0 Å². The molecule has 0 bridgehead atoms. The second kappa shape index (κ2) is 6.74. The predicted octanol–water partition coefficient (Wildman–Crippen LogP) is 4.94. The van der Waals surface area contributed by atoms with E-state index in [1.54, 1.807) is 24.3 Å². The molecule has 0 aliphatic rings. The highest BCUT2D eigenvalue weighted by Crippen LogP contribution is 2.25. The van der Waals surface area contributed by atoms with Gasteiger partial charge in [0.2, 0.25) is 5.55 Å². The molecule has 2 heterocycles. The molecule has 0 spiro atoms. The number of halogens is 1. The molecule has 128 valence electrons. The van der Waals surface area contributed by atoms with Gasteiger partial charge in [0.1, 0.15) is 11.1 Å². The summed E-state index contributed by atoms with van der Waals surface area (Å²) < 4.78 is 5.41. The van der Waals surface area contributed by atoms with Crippen molar-refractivity contribution in [1.82, 2.24) is 4.98 Å². The predicted molar refractivity (Wildman–Crippen MR) is 103 cm³/mol. The van der Waals surface area contributed by atoms with Gasteiger partial charge in [-0.2, -0.15) is 0 Å². The van der Waals surface area contributed by atoms with E-state index in [0.717, 1.165) is 11.3 Å².